The van der Waals surface area contributed by atoms with Crippen LogP contribution in [-0.2, 0) is 4.79 Å². The van der Waals surface area contributed by atoms with E-state index in [1.807, 2.05) is 6.07 Å². The molecular weight excluding hydrogens is 314 g/mol. The molecule has 2 N–H and O–H groups in total. The Morgan fingerprint density at radius 2 is 2.21 bits per heavy atom. The van der Waals surface area contributed by atoms with Gasteiger partial charge in [-0.1, -0.05) is 15.9 Å². The molecule has 1 aromatic heterocycles. The molecule has 0 aliphatic carbocycles. The number of aliphatic hydroxyl groups excluding tert-OH is 1. The Hall–Kier alpha value is -1.73. The second-order valence-electron chi connectivity index (χ2n) is 4.07. The summed E-state index contributed by atoms with van der Waals surface area (Å²) in [6.45, 7) is 1.37. The van der Waals surface area contributed by atoms with Crippen molar-refractivity contribution in [3.8, 4) is 0 Å². The van der Waals surface area contributed by atoms with Gasteiger partial charge in [-0.25, -0.2) is 9.97 Å². The van der Waals surface area contributed by atoms with Crippen molar-refractivity contribution in [1.82, 2.24) is 9.97 Å². The van der Waals surface area contributed by atoms with Crippen LogP contribution in [0.5, 0.6) is 0 Å². The molecule has 19 heavy (non-hydrogen) atoms. The number of halogens is 1. The number of anilines is 1. The van der Waals surface area contributed by atoms with E-state index in [2.05, 4.69) is 31.2 Å². The lowest BCUT2D eigenvalue weighted by Crippen LogP contribution is -2.47. The van der Waals surface area contributed by atoms with Crippen molar-refractivity contribution >= 4 is 38.6 Å². The number of hydrogen-bond acceptors (Lipinski definition) is 6. The molecular formula is C12H11BrN3O3-. The van der Waals surface area contributed by atoms with Gasteiger partial charge in [-0.05, 0) is 25.1 Å². The van der Waals surface area contributed by atoms with E-state index < -0.39 is 18.1 Å². The molecule has 0 bridgehead atoms. The van der Waals surface area contributed by atoms with E-state index in [0.29, 0.717) is 16.7 Å². The molecule has 0 spiro atoms. The van der Waals surface area contributed by atoms with Gasteiger partial charge in [0.2, 0.25) is 0 Å². The molecule has 0 saturated carbocycles. The van der Waals surface area contributed by atoms with Crippen LogP contribution in [0.2, 0.25) is 0 Å². The number of carbonyl (C=O) groups excluding carboxylic acids is 1. The fourth-order valence-corrected chi connectivity index (χ4v) is 2.03. The normalized spacial score (nSPS) is 14.1. The monoisotopic (exact) mass is 324 g/mol. The average Bonchev–Trinajstić information content (AvgIpc) is 2.35. The van der Waals surface area contributed by atoms with Crippen LogP contribution in [0.25, 0.3) is 10.9 Å². The molecule has 0 aliphatic heterocycles. The summed E-state index contributed by atoms with van der Waals surface area (Å²) >= 11 is 3.33. The Labute approximate surface area is 117 Å². The first kappa shape index (κ1) is 13.7. The third-order valence-corrected chi connectivity index (χ3v) is 3.12. The summed E-state index contributed by atoms with van der Waals surface area (Å²) in [6.07, 6.45) is 0.217. The maximum Gasteiger partial charge on any atom is 0.137 e. The van der Waals surface area contributed by atoms with Crippen molar-refractivity contribution in [2.24, 2.45) is 0 Å². The minimum Gasteiger partial charge on any atom is -0.548 e. The lowest BCUT2D eigenvalue weighted by atomic mass is 10.1. The fraction of sp³-hybridized carbons (Fsp3) is 0.250. The zero-order valence-electron chi connectivity index (χ0n) is 10.0. The Morgan fingerprint density at radius 3 is 2.84 bits per heavy atom. The highest BCUT2D eigenvalue weighted by Crippen LogP contribution is 2.23. The molecule has 0 fully saturated rings. The van der Waals surface area contributed by atoms with Gasteiger partial charge in [0.05, 0.1) is 23.6 Å². The minimum atomic E-state index is -1.39. The third-order valence-electron chi connectivity index (χ3n) is 2.63. The Morgan fingerprint density at radius 1 is 1.47 bits per heavy atom. The number of nitrogens with zero attached hydrogens (tertiary/aromatic N) is 2. The first-order valence-corrected chi connectivity index (χ1v) is 6.34. The summed E-state index contributed by atoms with van der Waals surface area (Å²) in [6, 6.07) is 4.13. The number of nitrogens with one attached hydrogen (secondary N) is 1. The molecule has 2 atom stereocenters. The lowest BCUT2D eigenvalue weighted by molar-refractivity contribution is -0.308. The van der Waals surface area contributed by atoms with E-state index in [1.54, 1.807) is 12.1 Å². The average molecular weight is 325 g/mol. The van der Waals surface area contributed by atoms with Crippen LogP contribution < -0.4 is 10.4 Å². The van der Waals surface area contributed by atoms with Crippen LogP contribution in [0, 0.1) is 0 Å². The summed E-state index contributed by atoms with van der Waals surface area (Å²) < 4.78 is 0.819. The smallest absolute Gasteiger partial charge is 0.137 e. The maximum absolute atomic E-state index is 11.0. The number of rotatable bonds is 4. The number of benzene rings is 1. The summed E-state index contributed by atoms with van der Waals surface area (Å²) in [5.74, 6) is -1.06. The summed E-state index contributed by atoms with van der Waals surface area (Å²) in [5.41, 5.74) is 0.670. The molecule has 0 amide bonds. The topological polar surface area (TPSA) is 98.2 Å². The van der Waals surface area contributed by atoms with E-state index in [0.717, 1.165) is 4.47 Å². The molecule has 0 aliphatic rings. The highest BCUT2D eigenvalue weighted by molar-refractivity contribution is 9.10. The van der Waals surface area contributed by atoms with Crippen LogP contribution in [0.4, 0.5) is 5.82 Å². The number of aliphatic carboxylic acids is 1. The van der Waals surface area contributed by atoms with Crippen LogP contribution in [0.15, 0.2) is 29.0 Å². The molecule has 0 unspecified atom stereocenters. The van der Waals surface area contributed by atoms with Gasteiger partial charge in [-0.2, -0.15) is 0 Å². The zero-order chi connectivity index (χ0) is 14.0. The number of carboxylic acids is 1. The second kappa shape index (κ2) is 5.50. The first-order valence-electron chi connectivity index (χ1n) is 5.55. The van der Waals surface area contributed by atoms with Crippen molar-refractivity contribution in [2.45, 2.75) is 19.1 Å². The van der Waals surface area contributed by atoms with E-state index in [4.69, 9.17) is 0 Å². The predicted molar refractivity (Wildman–Crippen MR) is 71.3 cm³/mol. The molecule has 100 valence electrons. The van der Waals surface area contributed by atoms with Crippen molar-refractivity contribution in [1.29, 1.82) is 0 Å². The minimum absolute atomic E-state index is 0.335. The molecule has 6 nitrogen and oxygen atoms in total. The number of aromatic nitrogens is 2. The van der Waals surface area contributed by atoms with Gasteiger partial charge in [0.1, 0.15) is 12.1 Å². The molecule has 0 saturated heterocycles. The van der Waals surface area contributed by atoms with E-state index in [9.17, 15) is 15.0 Å². The van der Waals surface area contributed by atoms with Gasteiger partial charge < -0.3 is 20.3 Å². The Balaban J connectivity index is 2.44. The number of carboxylic acid groups (broad SMARTS) is 1. The zero-order valence-corrected chi connectivity index (χ0v) is 11.6. The highest BCUT2D eigenvalue weighted by Gasteiger charge is 2.17. The molecule has 2 aromatic rings. The highest BCUT2D eigenvalue weighted by atomic mass is 79.9. The molecule has 1 heterocycles. The van der Waals surface area contributed by atoms with Gasteiger partial charge >= 0.3 is 0 Å². The van der Waals surface area contributed by atoms with E-state index >= 15 is 0 Å². The molecule has 2 rings (SSSR count). The van der Waals surface area contributed by atoms with Crippen molar-refractivity contribution in [3.05, 3.63) is 29.0 Å². The number of fused-ring (bicyclic) bond motifs is 1. The SMILES string of the molecule is C[C@H](O)[C@@H](Nc1ncnc2ccc(Br)cc12)C(=O)[O-]. The second-order valence-corrected chi connectivity index (χ2v) is 4.98. The van der Waals surface area contributed by atoms with Crippen molar-refractivity contribution in [2.75, 3.05) is 5.32 Å². The Kier molecular flexibility index (Phi) is 3.96. The maximum atomic E-state index is 11.0. The standard InChI is InChI=1S/C12H12BrN3O3/c1-6(17)10(12(18)19)16-11-8-4-7(13)2-3-9(8)14-5-15-11/h2-6,10,17H,1H3,(H,18,19)(H,14,15,16)/p-1/t6-,10+/m0/s1. The molecule has 1 aromatic carbocycles. The first-order chi connectivity index (χ1) is 8.99. The molecule has 0 radical (unpaired) electrons. The predicted octanol–water partition coefficient (Wildman–Crippen LogP) is 0.303. The quantitative estimate of drug-likeness (QED) is 0.839. The van der Waals surface area contributed by atoms with Crippen LogP contribution in [0.1, 0.15) is 6.92 Å². The van der Waals surface area contributed by atoms with Gasteiger partial charge in [0.15, 0.2) is 0 Å². The molecule has 7 heteroatoms. The van der Waals surface area contributed by atoms with E-state index in [-0.39, 0.29) is 0 Å². The Bertz CT molecular complexity index is 618. The van der Waals surface area contributed by atoms with Crippen molar-refractivity contribution in [3.63, 3.8) is 0 Å². The van der Waals surface area contributed by atoms with E-state index in [1.165, 1.54) is 13.3 Å². The lowest BCUT2D eigenvalue weighted by Gasteiger charge is -2.23. The van der Waals surface area contributed by atoms with Crippen LogP contribution in [-0.4, -0.2) is 33.2 Å². The fourth-order valence-electron chi connectivity index (χ4n) is 1.67. The summed E-state index contributed by atoms with van der Waals surface area (Å²) in [5, 5.41) is 23.7. The van der Waals surface area contributed by atoms with Crippen LogP contribution in [0.3, 0.4) is 0 Å². The van der Waals surface area contributed by atoms with Gasteiger partial charge in [-0.15, -0.1) is 0 Å². The largest absolute Gasteiger partial charge is 0.548 e. The summed E-state index contributed by atoms with van der Waals surface area (Å²) in [7, 11) is 0. The van der Waals surface area contributed by atoms with Gasteiger partial charge in [0, 0.05) is 9.86 Å². The third kappa shape index (κ3) is 2.99. The number of aliphatic hydroxyl groups is 1. The van der Waals surface area contributed by atoms with Crippen LogP contribution >= 0.6 is 15.9 Å². The summed E-state index contributed by atoms with van der Waals surface area (Å²) in [4.78, 5) is 19.1. The van der Waals surface area contributed by atoms with Gasteiger partial charge in [0.25, 0.3) is 0 Å². The van der Waals surface area contributed by atoms with Crippen molar-refractivity contribution < 1.29 is 15.0 Å². The number of hydrogen-bond donors (Lipinski definition) is 2. The number of carbonyl (C=O) groups is 1. The van der Waals surface area contributed by atoms with Gasteiger partial charge in [-0.3, -0.25) is 0 Å².